The minimum atomic E-state index is 0.216. The van der Waals surface area contributed by atoms with Crippen LogP contribution in [0.15, 0.2) is 23.0 Å². The second-order valence-electron chi connectivity index (χ2n) is 5.84. The molecule has 0 bridgehead atoms. The number of hydrogen-bond donors (Lipinski definition) is 1. The van der Waals surface area contributed by atoms with Gasteiger partial charge >= 0.3 is 0 Å². The number of allylic oxidation sites excluding steroid dienone is 2. The highest BCUT2D eigenvalue weighted by Gasteiger charge is 2.36. The van der Waals surface area contributed by atoms with Gasteiger partial charge in [-0.2, -0.15) is 5.26 Å². The van der Waals surface area contributed by atoms with Gasteiger partial charge < -0.3 is 14.8 Å². The van der Waals surface area contributed by atoms with Crippen LogP contribution in [0, 0.1) is 17.2 Å². The molecule has 2 saturated heterocycles. The molecule has 0 saturated carbocycles. The molecule has 3 aliphatic rings. The van der Waals surface area contributed by atoms with Gasteiger partial charge in [-0.3, -0.25) is 4.90 Å². The van der Waals surface area contributed by atoms with Crippen LogP contribution in [0.3, 0.4) is 0 Å². The third kappa shape index (κ3) is 2.98. The third-order valence-corrected chi connectivity index (χ3v) is 4.68. The molecular weight excluding hydrogens is 266 g/mol. The van der Waals surface area contributed by atoms with Gasteiger partial charge in [0.2, 0.25) is 0 Å². The van der Waals surface area contributed by atoms with E-state index < -0.39 is 0 Å². The summed E-state index contributed by atoms with van der Waals surface area (Å²) in [4.78, 5) is 2.47. The summed E-state index contributed by atoms with van der Waals surface area (Å²) >= 11 is 0. The number of nitriles is 1. The minimum absolute atomic E-state index is 0.216. The number of rotatable bonds is 3. The van der Waals surface area contributed by atoms with Crippen LogP contribution >= 0.6 is 0 Å². The molecular formula is C16H23N3O2. The Morgan fingerprint density at radius 1 is 1.48 bits per heavy atom. The van der Waals surface area contributed by atoms with Crippen molar-refractivity contribution in [2.45, 2.75) is 18.9 Å². The van der Waals surface area contributed by atoms with Crippen LogP contribution in [0.4, 0.5) is 0 Å². The van der Waals surface area contributed by atoms with Crippen molar-refractivity contribution in [1.29, 1.82) is 5.26 Å². The van der Waals surface area contributed by atoms with Crippen LogP contribution < -0.4 is 5.32 Å². The molecule has 5 nitrogen and oxygen atoms in total. The van der Waals surface area contributed by atoms with Gasteiger partial charge in [0, 0.05) is 38.6 Å². The summed E-state index contributed by atoms with van der Waals surface area (Å²) in [5.41, 5.74) is 1.97. The van der Waals surface area contributed by atoms with Crippen LogP contribution in [0.25, 0.3) is 0 Å². The fourth-order valence-corrected chi connectivity index (χ4v) is 3.60. The molecule has 2 atom stereocenters. The fourth-order valence-electron chi connectivity index (χ4n) is 3.60. The average Bonchev–Trinajstić information content (AvgIpc) is 2.55. The predicted molar refractivity (Wildman–Crippen MR) is 79.5 cm³/mol. The molecule has 3 rings (SSSR count). The molecule has 2 heterocycles. The maximum absolute atomic E-state index is 9.23. The standard InChI is InChI=1S/C16H23N3O2/c1-20-16-12(10-17)2-3-13-14(16)4-9-21-15(13)11-19-7-5-18-6-8-19/h2,13,15,18H,3-9,11H2,1H3. The van der Waals surface area contributed by atoms with E-state index in [1.54, 1.807) is 7.11 Å². The highest BCUT2D eigenvalue weighted by Crippen LogP contribution is 2.38. The van der Waals surface area contributed by atoms with Crippen molar-refractivity contribution < 1.29 is 9.47 Å². The average molecular weight is 289 g/mol. The maximum atomic E-state index is 9.23. The number of nitrogens with one attached hydrogen (secondary N) is 1. The van der Waals surface area contributed by atoms with Gasteiger partial charge in [-0.05, 0) is 18.4 Å². The van der Waals surface area contributed by atoms with Gasteiger partial charge in [-0.25, -0.2) is 0 Å². The number of fused-ring (bicyclic) bond motifs is 1. The van der Waals surface area contributed by atoms with E-state index in [9.17, 15) is 5.26 Å². The van der Waals surface area contributed by atoms with Crippen molar-refractivity contribution in [3.8, 4) is 6.07 Å². The van der Waals surface area contributed by atoms with Crippen LogP contribution in [-0.4, -0.2) is 57.4 Å². The number of ether oxygens (including phenoxy) is 2. The summed E-state index contributed by atoms with van der Waals surface area (Å²) in [5.74, 6) is 1.16. The summed E-state index contributed by atoms with van der Waals surface area (Å²) in [7, 11) is 1.66. The van der Waals surface area contributed by atoms with E-state index >= 15 is 0 Å². The maximum Gasteiger partial charge on any atom is 0.135 e. The summed E-state index contributed by atoms with van der Waals surface area (Å²) in [6.45, 7) is 5.99. The van der Waals surface area contributed by atoms with Crippen LogP contribution in [0.2, 0.25) is 0 Å². The van der Waals surface area contributed by atoms with E-state index in [1.165, 1.54) is 5.57 Å². The normalized spacial score (nSPS) is 30.4. The number of piperazine rings is 1. The fraction of sp³-hybridized carbons (Fsp3) is 0.688. The Balaban J connectivity index is 1.75. The highest BCUT2D eigenvalue weighted by molar-refractivity contribution is 5.45. The van der Waals surface area contributed by atoms with Crippen LogP contribution in [-0.2, 0) is 9.47 Å². The van der Waals surface area contributed by atoms with E-state index in [2.05, 4.69) is 16.3 Å². The topological polar surface area (TPSA) is 57.5 Å². The van der Waals surface area contributed by atoms with Gasteiger partial charge in [-0.15, -0.1) is 0 Å². The molecule has 0 aromatic heterocycles. The lowest BCUT2D eigenvalue weighted by molar-refractivity contribution is -0.0250. The van der Waals surface area contributed by atoms with Crippen molar-refractivity contribution >= 4 is 0 Å². The Labute approximate surface area is 126 Å². The summed E-state index contributed by atoms with van der Waals surface area (Å²) in [5, 5.41) is 12.6. The van der Waals surface area contributed by atoms with Gasteiger partial charge in [-0.1, -0.05) is 6.08 Å². The van der Waals surface area contributed by atoms with Gasteiger partial charge in [0.1, 0.15) is 11.8 Å². The number of nitrogens with zero attached hydrogens (tertiary/aromatic N) is 2. The summed E-state index contributed by atoms with van der Waals surface area (Å²) in [6, 6.07) is 2.25. The molecule has 21 heavy (non-hydrogen) atoms. The number of methoxy groups -OCH3 is 1. The molecule has 2 fully saturated rings. The largest absolute Gasteiger partial charge is 0.495 e. The van der Waals surface area contributed by atoms with Gasteiger partial charge in [0.25, 0.3) is 0 Å². The molecule has 114 valence electrons. The lowest BCUT2D eigenvalue weighted by Gasteiger charge is -2.39. The van der Waals surface area contributed by atoms with E-state index in [-0.39, 0.29) is 6.10 Å². The molecule has 0 amide bonds. The Hall–Kier alpha value is -1.35. The Bertz CT molecular complexity index is 486. The first kappa shape index (κ1) is 14.6. The van der Waals surface area contributed by atoms with Crippen molar-refractivity contribution in [3.63, 3.8) is 0 Å². The van der Waals surface area contributed by atoms with E-state index in [4.69, 9.17) is 9.47 Å². The second kappa shape index (κ2) is 6.61. The second-order valence-corrected chi connectivity index (χ2v) is 5.84. The predicted octanol–water partition coefficient (Wildman–Crippen LogP) is 1.05. The SMILES string of the molecule is COC1=C2CCOC(CN3CCNCC3)C2CC=C1C#N. The summed E-state index contributed by atoms with van der Waals surface area (Å²) in [6.07, 6.45) is 3.99. The smallest absolute Gasteiger partial charge is 0.135 e. The first-order valence-electron chi connectivity index (χ1n) is 7.76. The quantitative estimate of drug-likeness (QED) is 0.841. The molecule has 1 aliphatic carbocycles. The zero-order chi connectivity index (χ0) is 14.7. The molecule has 0 radical (unpaired) electrons. The first-order valence-corrected chi connectivity index (χ1v) is 7.76. The lowest BCUT2D eigenvalue weighted by Crippen LogP contribution is -2.49. The molecule has 1 N–H and O–H groups in total. The van der Waals surface area contributed by atoms with E-state index in [0.717, 1.165) is 57.9 Å². The van der Waals surface area contributed by atoms with Crippen molar-refractivity contribution in [2.24, 2.45) is 5.92 Å². The van der Waals surface area contributed by atoms with Crippen molar-refractivity contribution in [1.82, 2.24) is 10.2 Å². The van der Waals surface area contributed by atoms with E-state index in [0.29, 0.717) is 11.5 Å². The Morgan fingerprint density at radius 3 is 3.00 bits per heavy atom. The molecule has 2 aliphatic heterocycles. The number of hydrogen-bond acceptors (Lipinski definition) is 5. The zero-order valence-electron chi connectivity index (χ0n) is 12.6. The minimum Gasteiger partial charge on any atom is -0.495 e. The molecule has 2 unspecified atom stereocenters. The van der Waals surface area contributed by atoms with Crippen molar-refractivity contribution in [2.75, 3.05) is 46.4 Å². The Kier molecular flexibility index (Phi) is 4.59. The van der Waals surface area contributed by atoms with Crippen LogP contribution in [0.1, 0.15) is 12.8 Å². The third-order valence-electron chi connectivity index (χ3n) is 4.68. The lowest BCUT2D eigenvalue weighted by atomic mass is 9.80. The monoisotopic (exact) mass is 289 g/mol. The molecule has 0 aromatic carbocycles. The van der Waals surface area contributed by atoms with E-state index in [1.807, 2.05) is 6.08 Å². The highest BCUT2D eigenvalue weighted by atomic mass is 16.5. The summed E-state index contributed by atoms with van der Waals surface area (Å²) < 4.78 is 11.6. The molecule has 0 aromatic rings. The molecule has 5 heteroatoms. The van der Waals surface area contributed by atoms with Gasteiger partial charge in [0.05, 0.1) is 25.4 Å². The first-order chi connectivity index (χ1) is 10.3. The van der Waals surface area contributed by atoms with Crippen LogP contribution in [0.5, 0.6) is 0 Å². The zero-order valence-corrected chi connectivity index (χ0v) is 12.6. The molecule has 0 spiro atoms. The van der Waals surface area contributed by atoms with Crippen molar-refractivity contribution in [3.05, 3.63) is 23.0 Å². The Morgan fingerprint density at radius 2 is 2.29 bits per heavy atom. The van der Waals surface area contributed by atoms with Gasteiger partial charge in [0.15, 0.2) is 0 Å².